The van der Waals surface area contributed by atoms with Gasteiger partial charge in [0, 0.05) is 16.5 Å². The average molecular weight is 342 g/mol. The van der Waals surface area contributed by atoms with Crippen LogP contribution in [0.5, 0.6) is 0 Å². The van der Waals surface area contributed by atoms with E-state index in [2.05, 4.69) is 15.9 Å². The summed E-state index contributed by atoms with van der Waals surface area (Å²) in [4.78, 5) is 0.0157. The number of aryl methyl sites for hydroxylation is 2. The lowest BCUT2D eigenvalue weighted by Gasteiger charge is -2.14. The minimum absolute atomic E-state index is 0.0157. The van der Waals surface area contributed by atoms with Gasteiger partial charge in [-0.15, -0.1) is 0 Å². The largest absolute Gasteiger partial charge is 0.375 e. The van der Waals surface area contributed by atoms with Gasteiger partial charge >= 0.3 is 0 Å². The Labute approximate surface area is 120 Å². The molecule has 0 bridgehead atoms. The zero-order chi connectivity index (χ0) is 13.7. The topological polar surface area (TPSA) is 9.23 Å². The lowest BCUT2D eigenvalue weighted by atomic mass is 10.0. The highest BCUT2D eigenvalue weighted by atomic mass is 79.9. The highest BCUT2D eigenvalue weighted by Gasteiger charge is 2.13. The minimum Gasteiger partial charge on any atom is -0.375 e. The fourth-order valence-corrected chi connectivity index (χ4v) is 2.61. The molecular weight excluding hydrogens is 325 g/mol. The summed E-state index contributed by atoms with van der Waals surface area (Å²) in [7, 11) is 0. The first-order valence-electron chi connectivity index (χ1n) is 5.68. The molecule has 0 saturated heterocycles. The number of benzene rings is 1. The summed E-state index contributed by atoms with van der Waals surface area (Å²) >= 11 is 9.68. The van der Waals surface area contributed by atoms with Gasteiger partial charge in [-0.25, -0.2) is 8.78 Å². The maximum absolute atomic E-state index is 11.9. The summed E-state index contributed by atoms with van der Waals surface area (Å²) in [6.45, 7) is 3.78. The van der Waals surface area contributed by atoms with E-state index >= 15 is 0 Å². The molecule has 0 aliphatic heterocycles. The molecule has 1 aromatic rings. The van der Waals surface area contributed by atoms with Crippen LogP contribution in [0.4, 0.5) is 8.78 Å². The van der Waals surface area contributed by atoms with Crippen molar-refractivity contribution in [1.82, 2.24) is 0 Å². The summed E-state index contributed by atoms with van der Waals surface area (Å²) < 4.78 is 28.6. The average Bonchev–Trinajstić information content (AvgIpc) is 2.28. The summed E-state index contributed by atoms with van der Waals surface area (Å²) in [6, 6.07) is 3.94. The molecule has 1 atom stereocenters. The van der Waals surface area contributed by atoms with Crippen LogP contribution in [0.3, 0.4) is 0 Å². The fourth-order valence-electron chi connectivity index (χ4n) is 1.56. The van der Waals surface area contributed by atoms with Gasteiger partial charge in [0.05, 0.1) is 0 Å². The van der Waals surface area contributed by atoms with Crippen LogP contribution in [0.25, 0.3) is 0 Å². The Morgan fingerprint density at radius 1 is 1.28 bits per heavy atom. The number of hydrogen-bond acceptors (Lipinski definition) is 1. The predicted molar refractivity (Wildman–Crippen MR) is 74.0 cm³/mol. The number of hydrogen-bond donors (Lipinski definition) is 0. The van der Waals surface area contributed by atoms with Crippen molar-refractivity contribution in [3.8, 4) is 0 Å². The van der Waals surface area contributed by atoms with Gasteiger partial charge in [0.25, 0.3) is 6.43 Å². The minimum atomic E-state index is -2.41. The van der Waals surface area contributed by atoms with Crippen LogP contribution in [-0.2, 0) is 4.74 Å². The monoisotopic (exact) mass is 340 g/mol. The third-order valence-electron chi connectivity index (χ3n) is 2.71. The van der Waals surface area contributed by atoms with E-state index in [4.69, 9.17) is 16.3 Å². The Morgan fingerprint density at radius 2 is 1.89 bits per heavy atom. The molecule has 0 fully saturated rings. The molecule has 0 aliphatic rings. The molecule has 0 N–H and O–H groups in total. The smallest absolute Gasteiger partial charge is 0.261 e. The normalized spacial score (nSPS) is 13.1. The first-order valence-corrected chi connectivity index (χ1v) is 6.97. The maximum atomic E-state index is 11.9. The molecule has 0 spiro atoms. The van der Waals surface area contributed by atoms with Crippen molar-refractivity contribution in [2.75, 3.05) is 13.2 Å². The summed E-state index contributed by atoms with van der Waals surface area (Å²) in [5.74, 6) is 0. The zero-order valence-corrected chi connectivity index (χ0v) is 12.7. The Balaban J connectivity index is 2.56. The SMILES string of the molecule is Cc1cc(Cl)c(C(Br)CCOCC(F)F)cc1C. The van der Waals surface area contributed by atoms with E-state index in [1.165, 1.54) is 0 Å². The molecule has 0 heterocycles. The summed E-state index contributed by atoms with van der Waals surface area (Å²) in [5.41, 5.74) is 3.27. The molecule has 1 aromatic carbocycles. The molecule has 0 amide bonds. The molecule has 0 aliphatic carbocycles. The van der Waals surface area contributed by atoms with Crippen molar-refractivity contribution in [1.29, 1.82) is 0 Å². The Morgan fingerprint density at radius 3 is 2.50 bits per heavy atom. The van der Waals surface area contributed by atoms with Crippen molar-refractivity contribution < 1.29 is 13.5 Å². The summed E-state index contributed by atoms with van der Waals surface area (Å²) in [6.07, 6.45) is -1.81. The number of alkyl halides is 3. The van der Waals surface area contributed by atoms with Crippen molar-refractivity contribution in [2.45, 2.75) is 31.5 Å². The van der Waals surface area contributed by atoms with Crippen molar-refractivity contribution >= 4 is 27.5 Å². The van der Waals surface area contributed by atoms with E-state index < -0.39 is 13.0 Å². The van der Waals surface area contributed by atoms with Crippen LogP contribution < -0.4 is 0 Å². The molecule has 18 heavy (non-hydrogen) atoms. The number of rotatable bonds is 6. The van der Waals surface area contributed by atoms with Crippen molar-refractivity contribution in [3.63, 3.8) is 0 Å². The van der Waals surface area contributed by atoms with E-state index in [1.54, 1.807) is 0 Å². The van der Waals surface area contributed by atoms with Gasteiger partial charge in [0.2, 0.25) is 0 Å². The molecular formula is C13H16BrClF2O. The molecule has 1 nitrogen and oxygen atoms in total. The molecule has 1 unspecified atom stereocenters. The molecule has 0 radical (unpaired) electrons. The lowest BCUT2D eigenvalue weighted by molar-refractivity contribution is 0.0167. The Hall–Kier alpha value is -0.190. The van der Waals surface area contributed by atoms with Gasteiger partial charge < -0.3 is 4.74 Å². The highest BCUT2D eigenvalue weighted by molar-refractivity contribution is 9.09. The second-order valence-electron chi connectivity index (χ2n) is 4.18. The fraction of sp³-hybridized carbons (Fsp3) is 0.538. The second-order valence-corrected chi connectivity index (χ2v) is 5.69. The standard InChI is InChI=1S/C13H16BrClF2O/c1-8-5-10(12(15)6-9(8)2)11(14)3-4-18-7-13(16)17/h5-6,11,13H,3-4,7H2,1-2H3. The van der Waals surface area contributed by atoms with Gasteiger partial charge in [-0.05, 0) is 43.0 Å². The van der Waals surface area contributed by atoms with Crippen LogP contribution in [0.1, 0.15) is 27.9 Å². The second kappa shape index (κ2) is 7.41. The van der Waals surface area contributed by atoms with Crippen LogP contribution in [0.2, 0.25) is 5.02 Å². The van der Waals surface area contributed by atoms with Gasteiger partial charge in [0.15, 0.2) is 0 Å². The third kappa shape index (κ3) is 4.82. The van der Waals surface area contributed by atoms with E-state index in [1.807, 2.05) is 26.0 Å². The number of ether oxygens (including phenoxy) is 1. The van der Waals surface area contributed by atoms with E-state index in [-0.39, 0.29) is 11.4 Å². The molecule has 0 aromatic heterocycles. The predicted octanol–water partition coefficient (Wildman–Crippen LogP) is 5.06. The Bertz CT molecular complexity index is 399. The van der Waals surface area contributed by atoms with Crippen LogP contribution >= 0.6 is 27.5 Å². The molecule has 102 valence electrons. The van der Waals surface area contributed by atoms with Gasteiger partial charge in [-0.2, -0.15) is 0 Å². The number of halogens is 4. The molecule has 0 saturated carbocycles. The summed E-state index contributed by atoms with van der Waals surface area (Å²) in [5, 5.41) is 0.689. The maximum Gasteiger partial charge on any atom is 0.261 e. The van der Waals surface area contributed by atoms with Gasteiger partial charge in [-0.1, -0.05) is 33.6 Å². The molecule has 1 rings (SSSR count). The van der Waals surface area contributed by atoms with E-state index in [0.717, 1.165) is 16.7 Å². The van der Waals surface area contributed by atoms with Crippen LogP contribution in [0, 0.1) is 13.8 Å². The Kier molecular flexibility index (Phi) is 6.53. The van der Waals surface area contributed by atoms with Crippen LogP contribution in [0.15, 0.2) is 12.1 Å². The zero-order valence-electron chi connectivity index (χ0n) is 10.4. The third-order valence-corrected chi connectivity index (χ3v) is 3.99. The van der Waals surface area contributed by atoms with E-state index in [0.29, 0.717) is 11.4 Å². The highest BCUT2D eigenvalue weighted by Crippen LogP contribution is 2.33. The first kappa shape index (κ1) is 15.9. The van der Waals surface area contributed by atoms with Gasteiger partial charge in [-0.3, -0.25) is 0 Å². The van der Waals surface area contributed by atoms with Crippen molar-refractivity contribution in [3.05, 3.63) is 33.8 Å². The lowest BCUT2D eigenvalue weighted by Crippen LogP contribution is -2.07. The van der Waals surface area contributed by atoms with Gasteiger partial charge in [0.1, 0.15) is 6.61 Å². The van der Waals surface area contributed by atoms with Crippen molar-refractivity contribution in [2.24, 2.45) is 0 Å². The van der Waals surface area contributed by atoms with Crippen LogP contribution in [-0.4, -0.2) is 19.6 Å². The quantitative estimate of drug-likeness (QED) is 0.519. The molecule has 5 heteroatoms. The van der Waals surface area contributed by atoms with E-state index in [9.17, 15) is 8.78 Å². The first-order chi connectivity index (χ1) is 8.41.